The third-order valence-electron chi connectivity index (χ3n) is 3.14. The first-order chi connectivity index (χ1) is 9.22. The van der Waals surface area contributed by atoms with Crippen LogP contribution in [0.5, 0.6) is 0 Å². The predicted molar refractivity (Wildman–Crippen MR) is 68.7 cm³/mol. The Morgan fingerprint density at radius 3 is 2.79 bits per heavy atom. The molecule has 1 aliphatic heterocycles. The van der Waals surface area contributed by atoms with Gasteiger partial charge in [0.2, 0.25) is 0 Å². The monoisotopic (exact) mass is 263 g/mol. The standard InChI is InChI=1S/C13H17N3O3/c14-15-12(17)11-7-4-8-16(11)13(18)19-9-10-5-2-1-3-6-10/h1-3,5-6,11H,4,7-9,14H2,(H,15,17). The van der Waals surface area contributed by atoms with Gasteiger partial charge in [0.1, 0.15) is 12.6 Å². The summed E-state index contributed by atoms with van der Waals surface area (Å²) in [5, 5.41) is 0. The van der Waals surface area contributed by atoms with Crippen LogP contribution in [0, 0.1) is 0 Å². The highest BCUT2D eigenvalue weighted by atomic mass is 16.6. The fraction of sp³-hybridized carbons (Fsp3) is 0.385. The van der Waals surface area contributed by atoms with Crippen LogP contribution >= 0.6 is 0 Å². The van der Waals surface area contributed by atoms with Gasteiger partial charge in [0, 0.05) is 6.54 Å². The lowest BCUT2D eigenvalue weighted by atomic mass is 10.2. The highest BCUT2D eigenvalue weighted by Crippen LogP contribution is 2.18. The van der Waals surface area contributed by atoms with Crippen molar-refractivity contribution in [2.75, 3.05) is 6.54 Å². The topological polar surface area (TPSA) is 84.7 Å². The maximum atomic E-state index is 11.9. The first-order valence-electron chi connectivity index (χ1n) is 6.20. The highest BCUT2D eigenvalue weighted by molar-refractivity contribution is 5.85. The molecule has 0 spiro atoms. The number of benzene rings is 1. The third kappa shape index (κ3) is 3.23. The van der Waals surface area contributed by atoms with E-state index >= 15 is 0 Å². The molecule has 6 nitrogen and oxygen atoms in total. The van der Waals surface area contributed by atoms with Gasteiger partial charge in [-0.3, -0.25) is 15.1 Å². The van der Waals surface area contributed by atoms with Gasteiger partial charge in [0.05, 0.1) is 0 Å². The van der Waals surface area contributed by atoms with Crippen LogP contribution in [0.4, 0.5) is 4.79 Å². The Balaban J connectivity index is 1.90. The molecule has 0 saturated carbocycles. The van der Waals surface area contributed by atoms with Crippen LogP contribution in [-0.2, 0) is 16.1 Å². The maximum absolute atomic E-state index is 11.9. The average Bonchev–Trinajstić information content (AvgIpc) is 2.94. The molecule has 1 heterocycles. The minimum atomic E-state index is -0.520. The number of likely N-dealkylation sites (tertiary alicyclic amines) is 1. The number of nitrogens with one attached hydrogen (secondary N) is 1. The Morgan fingerprint density at radius 1 is 1.37 bits per heavy atom. The summed E-state index contributed by atoms with van der Waals surface area (Å²) in [5.74, 6) is 4.75. The van der Waals surface area contributed by atoms with Crippen LogP contribution in [0.1, 0.15) is 18.4 Å². The van der Waals surface area contributed by atoms with Crippen LogP contribution in [0.2, 0.25) is 0 Å². The molecule has 6 heteroatoms. The average molecular weight is 263 g/mol. The summed E-state index contributed by atoms with van der Waals surface area (Å²) in [4.78, 5) is 24.9. The number of hydrogen-bond acceptors (Lipinski definition) is 4. The Hall–Kier alpha value is -2.08. The number of ether oxygens (including phenoxy) is 1. The zero-order valence-electron chi connectivity index (χ0n) is 10.5. The van der Waals surface area contributed by atoms with E-state index in [1.807, 2.05) is 30.3 Å². The molecule has 0 aliphatic carbocycles. The minimum Gasteiger partial charge on any atom is -0.445 e. The molecule has 1 aromatic rings. The van der Waals surface area contributed by atoms with Crippen molar-refractivity contribution in [3.63, 3.8) is 0 Å². The van der Waals surface area contributed by atoms with Gasteiger partial charge in [-0.25, -0.2) is 10.6 Å². The van der Waals surface area contributed by atoms with E-state index in [1.54, 1.807) is 0 Å². The van der Waals surface area contributed by atoms with Gasteiger partial charge < -0.3 is 4.74 Å². The fourth-order valence-corrected chi connectivity index (χ4v) is 2.16. The van der Waals surface area contributed by atoms with E-state index in [2.05, 4.69) is 5.43 Å². The first-order valence-corrected chi connectivity index (χ1v) is 6.20. The molecule has 3 N–H and O–H groups in total. The molecule has 0 radical (unpaired) electrons. The van der Waals surface area contributed by atoms with Crippen LogP contribution in [0.25, 0.3) is 0 Å². The zero-order valence-corrected chi connectivity index (χ0v) is 10.5. The molecular formula is C13H17N3O3. The van der Waals surface area contributed by atoms with Crippen molar-refractivity contribution >= 4 is 12.0 Å². The number of hydrazine groups is 1. The van der Waals surface area contributed by atoms with E-state index in [1.165, 1.54) is 4.90 Å². The van der Waals surface area contributed by atoms with E-state index in [4.69, 9.17) is 10.6 Å². The van der Waals surface area contributed by atoms with Crippen molar-refractivity contribution in [2.45, 2.75) is 25.5 Å². The summed E-state index contributed by atoms with van der Waals surface area (Å²) in [5.41, 5.74) is 2.99. The molecule has 102 valence electrons. The second-order valence-corrected chi connectivity index (χ2v) is 4.40. The molecular weight excluding hydrogens is 246 g/mol. The molecule has 0 bridgehead atoms. The van der Waals surface area contributed by atoms with E-state index < -0.39 is 12.1 Å². The van der Waals surface area contributed by atoms with Crippen molar-refractivity contribution in [3.05, 3.63) is 35.9 Å². The molecule has 2 rings (SSSR count). The number of carbonyl (C=O) groups excluding carboxylic acids is 2. The molecule has 1 unspecified atom stereocenters. The van der Waals surface area contributed by atoms with Crippen LogP contribution in [-0.4, -0.2) is 29.5 Å². The molecule has 1 aliphatic rings. The number of nitrogens with two attached hydrogens (primary N) is 1. The summed E-state index contributed by atoms with van der Waals surface area (Å²) in [6.07, 6.45) is 0.914. The Bertz CT molecular complexity index is 450. The van der Waals surface area contributed by atoms with Gasteiger partial charge in [-0.05, 0) is 18.4 Å². The van der Waals surface area contributed by atoms with Crippen molar-refractivity contribution in [1.82, 2.24) is 10.3 Å². The maximum Gasteiger partial charge on any atom is 0.410 e. The van der Waals surface area contributed by atoms with Gasteiger partial charge in [-0.2, -0.15) is 0 Å². The Labute approximate surface area is 111 Å². The van der Waals surface area contributed by atoms with Gasteiger partial charge in [-0.1, -0.05) is 30.3 Å². The molecule has 0 aromatic heterocycles. The first kappa shape index (κ1) is 13.4. The molecule has 19 heavy (non-hydrogen) atoms. The summed E-state index contributed by atoms with van der Waals surface area (Å²) in [6.45, 7) is 0.721. The summed E-state index contributed by atoms with van der Waals surface area (Å²) in [7, 11) is 0. The van der Waals surface area contributed by atoms with E-state index in [9.17, 15) is 9.59 Å². The zero-order chi connectivity index (χ0) is 13.7. The van der Waals surface area contributed by atoms with Crippen molar-refractivity contribution in [2.24, 2.45) is 5.84 Å². The second-order valence-electron chi connectivity index (χ2n) is 4.40. The SMILES string of the molecule is NNC(=O)C1CCCN1C(=O)OCc1ccccc1. The van der Waals surface area contributed by atoms with Crippen LogP contribution < -0.4 is 11.3 Å². The van der Waals surface area contributed by atoms with Gasteiger partial charge in [0.25, 0.3) is 5.91 Å². The van der Waals surface area contributed by atoms with Crippen LogP contribution in [0.15, 0.2) is 30.3 Å². The highest BCUT2D eigenvalue weighted by Gasteiger charge is 2.34. The molecule has 1 saturated heterocycles. The smallest absolute Gasteiger partial charge is 0.410 e. The number of nitrogens with zero attached hydrogens (tertiary/aromatic N) is 1. The van der Waals surface area contributed by atoms with Gasteiger partial charge >= 0.3 is 6.09 Å². The van der Waals surface area contributed by atoms with E-state index in [-0.39, 0.29) is 12.5 Å². The third-order valence-corrected chi connectivity index (χ3v) is 3.14. The van der Waals surface area contributed by atoms with Crippen molar-refractivity contribution < 1.29 is 14.3 Å². The lowest BCUT2D eigenvalue weighted by Gasteiger charge is -2.22. The summed E-state index contributed by atoms with van der Waals surface area (Å²) >= 11 is 0. The second kappa shape index (κ2) is 6.19. The predicted octanol–water partition coefficient (Wildman–Crippen LogP) is 0.777. The lowest BCUT2D eigenvalue weighted by Crippen LogP contribution is -2.48. The minimum absolute atomic E-state index is 0.202. The van der Waals surface area contributed by atoms with Gasteiger partial charge in [0.15, 0.2) is 0 Å². The van der Waals surface area contributed by atoms with Crippen LogP contribution in [0.3, 0.4) is 0 Å². The molecule has 2 amide bonds. The Morgan fingerprint density at radius 2 is 2.11 bits per heavy atom. The quantitative estimate of drug-likeness (QED) is 0.479. The van der Waals surface area contributed by atoms with E-state index in [0.29, 0.717) is 13.0 Å². The number of amides is 2. The molecule has 1 fully saturated rings. The van der Waals surface area contributed by atoms with Crippen molar-refractivity contribution in [1.29, 1.82) is 0 Å². The van der Waals surface area contributed by atoms with Gasteiger partial charge in [-0.15, -0.1) is 0 Å². The molecule has 1 atom stereocenters. The summed E-state index contributed by atoms with van der Waals surface area (Å²) < 4.78 is 5.20. The number of rotatable bonds is 3. The van der Waals surface area contributed by atoms with E-state index in [0.717, 1.165) is 12.0 Å². The molecule has 1 aromatic carbocycles. The normalized spacial score (nSPS) is 18.2. The van der Waals surface area contributed by atoms with Crippen molar-refractivity contribution in [3.8, 4) is 0 Å². The lowest BCUT2D eigenvalue weighted by molar-refractivity contribution is -0.125. The fourth-order valence-electron chi connectivity index (χ4n) is 2.16. The Kier molecular flexibility index (Phi) is 4.35. The number of hydrogen-bond donors (Lipinski definition) is 2. The largest absolute Gasteiger partial charge is 0.445 e. The summed E-state index contributed by atoms with van der Waals surface area (Å²) in [6, 6.07) is 8.89. The number of carbonyl (C=O) groups is 2.